The van der Waals surface area contributed by atoms with Crippen molar-refractivity contribution < 1.29 is 24.0 Å². The number of ketones is 1. The zero-order valence-electron chi connectivity index (χ0n) is 12.7. The molecule has 1 atom stereocenters. The van der Waals surface area contributed by atoms with Crippen LogP contribution in [-0.4, -0.2) is 73.6 Å². The van der Waals surface area contributed by atoms with Crippen LogP contribution in [0.4, 0.5) is 0 Å². The third-order valence-corrected chi connectivity index (χ3v) is 2.73. The number of nitrogens with one attached hydrogen (secondary N) is 2. The van der Waals surface area contributed by atoms with Gasteiger partial charge in [0.15, 0.2) is 5.78 Å². The van der Waals surface area contributed by atoms with Gasteiger partial charge in [-0.05, 0) is 6.42 Å². The predicted molar refractivity (Wildman–Crippen MR) is 81.7 cm³/mol. The van der Waals surface area contributed by atoms with Gasteiger partial charge in [0.2, 0.25) is 6.41 Å². The van der Waals surface area contributed by atoms with Gasteiger partial charge in [0.25, 0.3) is 17.7 Å². The summed E-state index contributed by atoms with van der Waals surface area (Å²) in [5, 5.41) is 9.06. The predicted octanol–water partition coefficient (Wildman–Crippen LogP) is -1.62. The minimum Gasteiger partial charge on any atom is -0.354 e. The van der Waals surface area contributed by atoms with Gasteiger partial charge in [0.1, 0.15) is 6.04 Å². The summed E-state index contributed by atoms with van der Waals surface area (Å²) < 4.78 is 0. The van der Waals surface area contributed by atoms with Gasteiger partial charge in [0, 0.05) is 20.5 Å². The highest BCUT2D eigenvalue weighted by Gasteiger charge is 2.26. The van der Waals surface area contributed by atoms with Crippen molar-refractivity contribution in [2.75, 3.05) is 14.1 Å². The Balaban J connectivity index is 5.19. The molecule has 0 aliphatic heterocycles. The first-order chi connectivity index (χ1) is 10.9. The summed E-state index contributed by atoms with van der Waals surface area (Å²) in [6, 6.07) is -1.13. The molecule has 0 saturated carbocycles. The van der Waals surface area contributed by atoms with E-state index in [2.05, 4.69) is 15.3 Å². The van der Waals surface area contributed by atoms with Gasteiger partial charge in [-0.3, -0.25) is 24.0 Å². The number of nitrogens with zero attached hydrogens (tertiary/aromatic N) is 3. The van der Waals surface area contributed by atoms with Crippen molar-refractivity contribution in [2.24, 2.45) is 9.98 Å². The van der Waals surface area contributed by atoms with Crippen LogP contribution in [0.15, 0.2) is 9.98 Å². The van der Waals surface area contributed by atoms with Crippen LogP contribution in [0.25, 0.3) is 0 Å². The first-order valence-corrected chi connectivity index (χ1v) is 6.43. The number of carbonyl (C=O) groups is 5. The molecule has 0 bridgehead atoms. The van der Waals surface area contributed by atoms with Gasteiger partial charge in [-0.15, -0.1) is 0 Å². The Morgan fingerprint density at radius 1 is 1.26 bits per heavy atom. The maximum absolute atomic E-state index is 12.0. The van der Waals surface area contributed by atoms with E-state index in [1.807, 2.05) is 0 Å². The highest BCUT2D eigenvalue weighted by atomic mass is 16.2. The molecular weight excluding hydrogens is 306 g/mol. The van der Waals surface area contributed by atoms with Crippen LogP contribution in [0.5, 0.6) is 0 Å². The molecule has 0 radical (unpaired) electrons. The number of rotatable bonds is 9. The van der Waals surface area contributed by atoms with Crippen molar-refractivity contribution in [1.29, 1.82) is 5.41 Å². The van der Waals surface area contributed by atoms with Crippen molar-refractivity contribution in [3.63, 3.8) is 0 Å². The van der Waals surface area contributed by atoms with E-state index < -0.39 is 29.5 Å². The minimum absolute atomic E-state index is 0.0880. The van der Waals surface area contributed by atoms with E-state index in [1.165, 1.54) is 14.1 Å². The molecule has 0 spiro atoms. The smallest absolute Gasteiger partial charge is 0.268 e. The molecule has 0 aromatic rings. The fraction of sp³-hybridized carbons (Fsp3) is 0.385. The second-order valence-corrected chi connectivity index (χ2v) is 4.21. The summed E-state index contributed by atoms with van der Waals surface area (Å²) in [6.07, 6.45) is 1.99. The molecule has 0 aromatic carbocycles. The van der Waals surface area contributed by atoms with Crippen LogP contribution in [0, 0.1) is 5.41 Å². The van der Waals surface area contributed by atoms with Crippen LogP contribution in [0.3, 0.4) is 0 Å². The Morgan fingerprint density at radius 3 is 2.43 bits per heavy atom. The lowest BCUT2D eigenvalue weighted by Crippen LogP contribution is -2.43. The van der Waals surface area contributed by atoms with E-state index in [4.69, 9.17) is 5.41 Å². The molecule has 10 nitrogen and oxygen atoms in total. The number of hydrogen-bond acceptors (Lipinski definition) is 6. The maximum atomic E-state index is 12.0. The molecular formula is C13H17N5O5. The lowest BCUT2D eigenvalue weighted by molar-refractivity contribution is -0.133. The summed E-state index contributed by atoms with van der Waals surface area (Å²) in [4.78, 5) is 63.7. The SMILES string of the molecule is CNC(=O)C=NC(=O)C(CCC(=O)C=N)N(C)C(=O)C=NC=O. The third kappa shape index (κ3) is 7.50. The summed E-state index contributed by atoms with van der Waals surface area (Å²) in [5.74, 6) is -2.70. The van der Waals surface area contributed by atoms with Crippen LogP contribution in [0.1, 0.15) is 12.8 Å². The van der Waals surface area contributed by atoms with E-state index in [9.17, 15) is 24.0 Å². The Kier molecular flexibility index (Phi) is 9.25. The summed E-state index contributed by atoms with van der Waals surface area (Å²) in [6.45, 7) is 0. The molecule has 2 N–H and O–H groups in total. The Labute approximate surface area is 132 Å². The Morgan fingerprint density at radius 2 is 1.91 bits per heavy atom. The molecule has 0 rings (SSSR count). The molecule has 0 saturated heterocycles. The monoisotopic (exact) mass is 323 g/mol. The van der Waals surface area contributed by atoms with Crippen molar-refractivity contribution in [2.45, 2.75) is 18.9 Å². The van der Waals surface area contributed by atoms with Gasteiger partial charge >= 0.3 is 0 Å². The van der Waals surface area contributed by atoms with E-state index in [0.29, 0.717) is 12.4 Å². The number of Topliss-reactive ketones (excluding diaryl/α,β-unsaturated/α-hetero) is 1. The maximum Gasteiger partial charge on any atom is 0.268 e. The van der Waals surface area contributed by atoms with Crippen molar-refractivity contribution in [3.05, 3.63) is 0 Å². The zero-order valence-corrected chi connectivity index (χ0v) is 12.7. The first kappa shape index (κ1) is 20.0. The van der Waals surface area contributed by atoms with Crippen LogP contribution in [0.2, 0.25) is 0 Å². The Bertz CT molecular complexity index is 555. The quantitative estimate of drug-likeness (QED) is 0.386. The molecule has 0 aliphatic rings. The first-order valence-electron chi connectivity index (χ1n) is 6.43. The summed E-state index contributed by atoms with van der Waals surface area (Å²) in [7, 11) is 2.62. The zero-order chi connectivity index (χ0) is 17.8. The van der Waals surface area contributed by atoms with Crippen LogP contribution < -0.4 is 5.32 Å². The van der Waals surface area contributed by atoms with E-state index in [0.717, 1.165) is 11.1 Å². The fourth-order valence-corrected chi connectivity index (χ4v) is 1.45. The van der Waals surface area contributed by atoms with Crippen molar-refractivity contribution in [3.8, 4) is 0 Å². The molecule has 0 fully saturated rings. The van der Waals surface area contributed by atoms with Crippen molar-refractivity contribution in [1.82, 2.24) is 10.2 Å². The largest absolute Gasteiger partial charge is 0.354 e. The van der Waals surface area contributed by atoms with Gasteiger partial charge in [-0.1, -0.05) is 0 Å². The second-order valence-electron chi connectivity index (χ2n) is 4.21. The molecule has 1 unspecified atom stereocenters. The second kappa shape index (κ2) is 10.7. The minimum atomic E-state index is -1.13. The van der Waals surface area contributed by atoms with Gasteiger partial charge in [-0.25, -0.2) is 9.98 Å². The fourth-order valence-electron chi connectivity index (χ4n) is 1.45. The van der Waals surface area contributed by atoms with E-state index in [-0.39, 0.29) is 19.3 Å². The number of hydrogen-bond donors (Lipinski definition) is 2. The highest BCUT2D eigenvalue weighted by molar-refractivity contribution is 6.29. The number of amides is 4. The van der Waals surface area contributed by atoms with E-state index >= 15 is 0 Å². The van der Waals surface area contributed by atoms with Crippen molar-refractivity contribution >= 4 is 48.6 Å². The normalized spacial score (nSPS) is 11.9. The van der Waals surface area contributed by atoms with Gasteiger partial charge < -0.3 is 15.6 Å². The molecule has 124 valence electrons. The average Bonchev–Trinajstić information content (AvgIpc) is 2.56. The topological polar surface area (TPSA) is 149 Å². The average molecular weight is 323 g/mol. The lowest BCUT2D eigenvalue weighted by atomic mass is 10.1. The summed E-state index contributed by atoms with van der Waals surface area (Å²) >= 11 is 0. The van der Waals surface area contributed by atoms with Gasteiger partial charge in [0.05, 0.1) is 18.6 Å². The molecule has 23 heavy (non-hydrogen) atoms. The number of carbonyl (C=O) groups excluding carboxylic acids is 5. The van der Waals surface area contributed by atoms with Crippen LogP contribution in [-0.2, 0) is 24.0 Å². The Hall–Kier alpha value is -3.04. The highest BCUT2D eigenvalue weighted by Crippen LogP contribution is 2.08. The van der Waals surface area contributed by atoms with E-state index in [1.54, 1.807) is 0 Å². The molecule has 0 aromatic heterocycles. The number of aliphatic imine (C=N–C) groups is 2. The number of likely N-dealkylation sites (N-methyl/N-ethyl adjacent to an activating group) is 1. The standard InChI is InChI=1S/C13H17N5O5/c1-15-11(21)6-17-13(23)10(4-3-9(20)5-14)18(2)12(22)7-16-8-19/h5-8,10,14H,3-4H2,1-2H3,(H,15,21). The molecule has 0 heterocycles. The third-order valence-electron chi connectivity index (χ3n) is 2.73. The molecule has 0 aliphatic carbocycles. The molecule has 4 amide bonds. The lowest BCUT2D eigenvalue weighted by Gasteiger charge is -2.23. The summed E-state index contributed by atoms with van der Waals surface area (Å²) in [5.41, 5.74) is 0. The van der Waals surface area contributed by atoms with Gasteiger partial charge in [-0.2, -0.15) is 0 Å². The molecule has 10 heteroatoms. The van der Waals surface area contributed by atoms with Crippen LogP contribution >= 0.6 is 0 Å².